The number of hydrogen-bond acceptors (Lipinski definition) is 4. The summed E-state index contributed by atoms with van der Waals surface area (Å²) >= 11 is 0. The molecule has 0 unspecified atom stereocenters. The number of benzene rings is 3. The Labute approximate surface area is 144 Å². The van der Waals surface area contributed by atoms with Gasteiger partial charge >= 0.3 is 0 Å². The summed E-state index contributed by atoms with van der Waals surface area (Å²) in [6, 6.07) is 21.7. The normalized spacial score (nSPS) is 11.7. The van der Waals surface area contributed by atoms with Crippen molar-refractivity contribution in [3.05, 3.63) is 78.9 Å². The van der Waals surface area contributed by atoms with E-state index in [1.807, 2.05) is 30.3 Å². The molecule has 0 saturated carbocycles. The topological polar surface area (TPSA) is 67.5 Å². The van der Waals surface area contributed by atoms with Gasteiger partial charge in [-0.1, -0.05) is 42.5 Å². The largest absolute Gasteiger partial charge is 0.508 e. The van der Waals surface area contributed by atoms with Gasteiger partial charge < -0.3 is 9.52 Å². The van der Waals surface area contributed by atoms with Gasteiger partial charge in [-0.2, -0.15) is 0 Å². The molecule has 3 aromatic carbocycles. The quantitative estimate of drug-likeness (QED) is 0.584. The molecule has 4 rings (SSSR count). The van der Waals surface area contributed by atoms with Crippen LogP contribution in [0.5, 0.6) is 5.75 Å². The molecule has 0 aliphatic carbocycles. The fourth-order valence-electron chi connectivity index (χ4n) is 2.81. The van der Waals surface area contributed by atoms with Crippen LogP contribution in [0.2, 0.25) is 0 Å². The van der Waals surface area contributed by atoms with Crippen LogP contribution in [0.15, 0.2) is 93.1 Å². The molecule has 1 aromatic heterocycles. The van der Waals surface area contributed by atoms with Crippen LogP contribution in [0.1, 0.15) is 0 Å². The first-order valence-electron chi connectivity index (χ1n) is 7.68. The van der Waals surface area contributed by atoms with E-state index in [2.05, 4.69) is 0 Å². The van der Waals surface area contributed by atoms with Gasteiger partial charge in [0.1, 0.15) is 16.2 Å². The van der Waals surface area contributed by atoms with E-state index in [4.69, 9.17) is 4.42 Å². The van der Waals surface area contributed by atoms with E-state index in [0.717, 1.165) is 0 Å². The zero-order valence-corrected chi connectivity index (χ0v) is 13.9. The van der Waals surface area contributed by atoms with Crippen molar-refractivity contribution in [2.75, 3.05) is 0 Å². The van der Waals surface area contributed by atoms with E-state index in [1.165, 1.54) is 24.3 Å². The second-order valence-corrected chi connectivity index (χ2v) is 7.51. The summed E-state index contributed by atoms with van der Waals surface area (Å²) in [6.07, 6.45) is 0. The third-order valence-corrected chi connectivity index (χ3v) is 5.84. The summed E-state index contributed by atoms with van der Waals surface area (Å²) in [5.74, 6) is 0.328. The number of sulfone groups is 1. The zero-order valence-electron chi connectivity index (χ0n) is 13.1. The fourth-order valence-corrected chi connectivity index (χ4v) is 4.40. The lowest BCUT2D eigenvalue weighted by Crippen LogP contribution is -2.02. The van der Waals surface area contributed by atoms with Crippen molar-refractivity contribution < 1.29 is 17.9 Å². The van der Waals surface area contributed by atoms with Crippen LogP contribution in [0.4, 0.5) is 0 Å². The number of phenols is 1. The van der Waals surface area contributed by atoms with E-state index in [-0.39, 0.29) is 15.5 Å². The number of hydrogen-bond donors (Lipinski definition) is 1. The van der Waals surface area contributed by atoms with Gasteiger partial charge in [0.2, 0.25) is 9.84 Å². The molecule has 0 saturated heterocycles. The van der Waals surface area contributed by atoms with Gasteiger partial charge in [0, 0.05) is 10.9 Å². The Morgan fingerprint density at radius 1 is 0.760 bits per heavy atom. The van der Waals surface area contributed by atoms with Crippen molar-refractivity contribution in [2.45, 2.75) is 9.79 Å². The average molecular weight is 350 g/mol. The lowest BCUT2D eigenvalue weighted by Gasteiger charge is -2.06. The van der Waals surface area contributed by atoms with E-state index >= 15 is 0 Å². The molecule has 0 aliphatic rings. The SMILES string of the molecule is O=S(=O)(c1ccc(O)cc1)c1c(-c2ccccc2)oc2ccccc12. The number of aromatic hydroxyl groups is 1. The maximum atomic E-state index is 13.3. The molecule has 1 heterocycles. The summed E-state index contributed by atoms with van der Waals surface area (Å²) in [7, 11) is -3.82. The highest BCUT2D eigenvalue weighted by molar-refractivity contribution is 7.91. The third-order valence-electron chi connectivity index (χ3n) is 4.00. The minimum Gasteiger partial charge on any atom is -0.508 e. The van der Waals surface area contributed by atoms with Crippen molar-refractivity contribution in [1.29, 1.82) is 0 Å². The Bertz CT molecular complexity index is 1140. The maximum absolute atomic E-state index is 13.3. The molecular formula is C20H14O4S. The van der Waals surface area contributed by atoms with Crippen molar-refractivity contribution >= 4 is 20.8 Å². The first-order valence-corrected chi connectivity index (χ1v) is 9.17. The third kappa shape index (κ3) is 2.58. The summed E-state index contributed by atoms with van der Waals surface area (Å²) in [5, 5.41) is 9.98. The molecule has 5 heteroatoms. The van der Waals surface area contributed by atoms with Gasteiger partial charge in [0.15, 0.2) is 5.76 Å². The minimum atomic E-state index is -3.82. The van der Waals surface area contributed by atoms with E-state index in [1.54, 1.807) is 24.3 Å². The van der Waals surface area contributed by atoms with Crippen LogP contribution in [0.25, 0.3) is 22.3 Å². The van der Waals surface area contributed by atoms with Crippen LogP contribution < -0.4 is 0 Å². The zero-order chi connectivity index (χ0) is 17.4. The van der Waals surface area contributed by atoms with Crippen molar-refractivity contribution in [1.82, 2.24) is 0 Å². The molecule has 0 fully saturated rings. The molecule has 25 heavy (non-hydrogen) atoms. The molecule has 0 radical (unpaired) electrons. The molecule has 4 aromatic rings. The smallest absolute Gasteiger partial charge is 0.211 e. The van der Waals surface area contributed by atoms with Gasteiger partial charge in [0.25, 0.3) is 0 Å². The lowest BCUT2D eigenvalue weighted by molar-refractivity contribution is 0.475. The Morgan fingerprint density at radius 2 is 1.40 bits per heavy atom. The minimum absolute atomic E-state index is 0.0132. The van der Waals surface area contributed by atoms with E-state index in [0.29, 0.717) is 22.3 Å². The Balaban J connectivity index is 2.05. The van der Waals surface area contributed by atoms with Crippen molar-refractivity contribution in [3.8, 4) is 17.1 Å². The second kappa shape index (κ2) is 5.79. The number of para-hydroxylation sites is 1. The molecule has 0 bridgehead atoms. The Hall–Kier alpha value is -3.05. The van der Waals surface area contributed by atoms with Crippen LogP contribution in [-0.2, 0) is 9.84 Å². The van der Waals surface area contributed by atoms with Gasteiger partial charge in [-0.05, 0) is 36.4 Å². The van der Waals surface area contributed by atoms with Crippen molar-refractivity contribution in [2.24, 2.45) is 0 Å². The first kappa shape index (κ1) is 15.5. The van der Waals surface area contributed by atoms with Gasteiger partial charge in [-0.3, -0.25) is 0 Å². The average Bonchev–Trinajstić information content (AvgIpc) is 3.03. The van der Waals surface area contributed by atoms with Crippen LogP contribution >= 0.6 is 0 Å². The molecule has 1 N–H and O–H groups in total. The molecule has 0 atom stereocenters. The van der Waals surface area contributed by atoms with Gasteiger partial charge in [0.05, 0.1) is 4.90 Å². The first-order chi connectivity index (χ1) is 12.1. The van der Waals surface area contributed by atoms with Gasteiger partial charge in [-0.15, -0.1) is 0 Å². The van der Waals surface area contributed by atoms with Crippen LogP contribution in [-0.4, -0.2) is 13.5 Å². The summed E-state index contributed by atoms with van der Waals surface area (Å²) < 4.78 is 32.4. The number of furan rings is 1. The predicted octanol–water partition coefficient (Wildman–Crippen LogP) is 4.64. The molecule has 4 nitrogen and oxygen atoms in total. The van der Waals surface area contributed by atoms with Crippen LogP contribution in [0, 0.1) is 0 Å². The number of rotatable bonds is 3. The molecule has 0 amide bonds. The monoisotopic (exact) mass is 350 g/mol. The summed E-state index contributed by atoms with van der Waals surface area (Å²) in [4.78, 5) is 0.244. The molecular weight excluding hydrogens is 336 g/mol. The Morgan fingerprint density at radius 3 is 2.12 bits per heavy atom. The number of fused-ring (bicyclic) bond motifs is 1. The molecule has 124 valence electrons. The fraction of sp³-hybridized carbons (Fsp3) is 0. The summed E-state index contributed by atoms with van der Waals surface area (Å²) in [6.45, 7) is 0. The van der Waals surface area contributed by atoms with E-state index in [9.17, 15) is 13.5 Å². The highest BCUT2D eigenvalue weighted by Gasteiger charge is 2.28. The van der Waals surface area contributed by atoms with Crippen LogP contribution in [0.3, 0.4) is 0 Å². The second-order valence-electron chi connectivity index (χ2n) is 5.62. The molecule has 0 aliphatic heterocycles. The Kier molecular flexibility index (Phi) is 3.58. The predicted molar refractivity (Wildman–Crippen MR) is 95.2 cm³/mol. The highest BCUT2D eigenvalue weighted by Crippen LogP contribution is 2.39. The lowest BCUT2D eigenvalue weighted by atomic mass is 10.1. The van der Waals surface area contributed by atoms with E-state index < -0.39 is 9.84 Å². The highest BCUT2D eigenvalue weighted by atomic mass is 32.2. The van der Waals surface area contributed by atoms with Gasteiger partial charge in [-0.25, -0.2) is 8.42 Å². The standard InChI is InChI=1S/C20H14O4S/c21-15-10-12-16(13-11-15)25(22,23)20-17-8-4-5-9-18(17)24-19(20)14-6-2-1-3-7-14/h1-13,21H. The number of phenolic OH excluding ortho intramolecular Hbond substituents is 1. The maximum Gasteiger partial charge on any atom is 0.211 e. The van der Waals surface area contributed by atoms with Crippen molar-refractivity contribution in [3.63, 3.8) is 0 Å². The summed E-state index contributed by atoms with van der Waals surface area (Å²) in [5.41, 5.74) is 1.20. The molecule has 0 spiro atoms.